The van der Waals surface area contributed by atoms with Gasteiger partial charge in [0.1, 0.15) is 23.9 Å². The first-order valence-electron chi connectivity index (χ1n) is 11.3. The van der Waals surface area contributed by atoms with Crippen molar-refractivity contribution < 1.29 is 26.3 Å². The summed E-state index contributed by atoms with van der Waals surface area (Å²) in [6.45, 7) is 0.128. The van der Waals surface area contributed by atoms with Crippen molar-refractivity contribution in [2.75, 3.05) is 43.5 Å². The van der Waals surface area contributed by atoms with Crippen molar-refractivity contribution in [2.45, 2.75) is 13.0 Å². The molecular weight excluding hydrogens is 497 g/mol. The van der Waals surface area contributed by atoms with E-state index in [1.165, 1.54) is 10.5 Å². The second kappa shape index (κ2) is 11.1. The molecule has 0 N–H and O–H groups in total. The summed E-state index contributed by atoms with van der Waals surface area (Å²) in [5.41, 5.74) is 0.320. The third-order valence-electron chi connectivity index (χ3n) is 5.74. The Kier molecular flexibility index (Phi) is 7.94. The van der Waals surface area contributed by atoms with Gasteiger partial charge in [0.25, 0.3) is 0 Å². The fourth-order valence-corrected chi connectivity index (χ4v) is 5.39. The van der Waals surface area contributed by atoms with Gasteiger partial charge in [0, 0.05) is 32.2 Å². The van der Waals surface area contributed by atoms with E-state index in [0.29, 0.717) is 11.8 Å². The van der Waals surface area contributed by atoms with Crippen LogP contribution in [-0.2, 0) is 16.6 Å². The molecule has 0 spiro atoms. The molecule has 0 atom stereocenters. The number of benzene rings is 2. The van der Waals surface area contributed by atoms with E-state index in [1.807, 2.05) is 30.3 Å². The van der Waals surface area contributed by atoms with Crippen LogP contribution >= 0.6 is 0 Å². The van der Waals surface area contributed by atoms with Crippen LogP contribution in [-0.4, -0.2) is 61.1 Å². The number of hydrogen-bond acceptors (Lipinski definition) is 6. The molecule has 36 heavy (non-hydrogen) atoms. The van der Waals surface area contributed by atoms with Crippen molar-refractivity contribution in [3.63, 3.8) is 0 Å². The Balaban J connectivity index is 1.64. The van der Waals surface area contributed by atoms with Gasteiger partial charge in [-0.3, -0.25) is 9.18 Å². The van der Waals surface area contributed by atoms with Crippen LogP contribution in [0.15, 0.2) is 59.5 Å². The Morgan fingerprint density at radius 3 is 2.28 bits per heavy atom. The van der Waals surface area contributed by atoms with Crippen LogP contribution in [0, 0.1) is 11.6 Å². The number of alkyl halides is 1. The number of rotatable bonds is 9. The molecule has 0 amide bonds. The van der Waals surface area contributed by atoms with Gasteiger partial charge in [-0.2, -0.15) is 14.1 Å². The van der Waals surface area contributed by atoms with E-state index in [-0.39, 0.29) is 56.4 Å². The highest BCUT2D eigenvalue weighted by molar-refractivity contribution is 7.89. The molecule has 192 valence electrons. The monoisotopic (exact) mass is 522 g/mol. The smallest absolute Gasteiger partial charge is 0.316 e. The Hall–Kier alpha value is -3.38. The Morgan fingerprint density at radius 1 is 0.972 bits per heavy atom. The molecule has 1 aliphatic heterocycles. The standard InChI is InChI=1S/C24H25F3N4O4S/c25-7-4-12-36(33,34)30-10-8-29(9-11-30)22-16-28-31(21-14-19(26)13-20(27)15-21)24(32)23(22)35-17-18-5-2-1-3-6-18/h1-3,5-6,13-16H,4,7-12,17H2. The predicted octanol–water partition coefficient (Wildman–Crippen LogP) is 2.90. The summed E-state index contributed by atoms with van der Waals surface area (Å²) in [4.78, 5) is 15.2. The van der Waals surface area contributed by atoms with E-state index in [4.69, 9.17) is 4.74 Å². The molecule has 2 aromatic carbocycles. The molecule has 1 saturated heterocycles. The molecule has 0 unspecified atom stereocenters. The molecule has 2 heterocycles. The molecule has 4 rings (SSSR count). The lowest BCUT2D eigenvalue weighted by Gasteiger charge is -2.35. The zero-order valence-corrected chi connectivity index (χ0v) is 20.1. The lowest BCUT2D eigenvalue weighted by Crippen LogP contribution is -2.49. The fourth-order valence-electron chi connectivity index (χ4n) is 3.94. The van der Waals surface area contributed by atoms with Crippen molar-refractivity contribution in [3.8, 4) is 11.4 Å². The Morgan fingerprint density at radius 2 is 1.64 bits per heavy atom. The van der Waals surface area contributed by atoms with Gasteiger partial charge in [-0.1, -0.05) is 30.3 Å². The molecule has 1 aliphatic rings. The second-order valence-corrected chi connectivity index (χ2v) is 10.3. The molecule has 12 heteroatoms. The molecule has 3 aromatic rings. The van der Waals surface area contributed by atoms with Gasteiger partial charge < -0.3 is 9.64 Å². The SMILES string of the molecule is O=c1c(OCc2ccccc2)c(N2CCN(S(=O)(=O)CCCF)CC2)cnn1-c1cc(F)cc(F)c1. The normalized spacial score (nSPS) is 14.7. The topological polar surface area (TPSA) is 84.7 Å². The summed E-state index contributed by atoms with van der Waals surface area (Å²) in [6.07, 6.45) is 1.29. The molecule has 0 aliphatic carbocycles. The van der Waals surface area contributed by atoms with Crippen LogP contribution in [0.5, 0.6) is 5.75 Å². The average Bonchev–Trinajstić information content (AvgIpc) is 2.86. The largest absolute Gasteiger partial charge is 0.481 e. The van der Waals surface area contributed by atoms with E-state index in [0.717, 1.165) is 22.4 Å². The highest BCUT2D eigenvalue weighted by Crippen LogP contribution is 2.27. The Bertz CT molecular complexity index is 1340. The highest BCUT2D eigenvalue weighted by Gasteiger charge is 2.29. The maximum Gasteiger partial charge on any atom is 0.316 e. The van der Waals surface area contributed by atoms with Crippen molar-refractivity contribution in [1.29, 1.82) is 0 Å². The van der Waals surface area contributed by atoms with E-state index in [1.54, 1.807) is 4.90 Å². The van der Waals surface area contributed by atoms with Crippen LogP contribution in [0.4, 0.5) is 18.9 Å². The van der Waals surface area contributed by atoms with Crippen molar-refractivity contribution in [1.82, 2.24) is 14.1 Å². The van der Waals surface area contributed by atoms with E-state index in [9.17, 15) is 26.4 Å². The van der Waals surface area contributed by atoms with Gasteiger partial charge in [-0.15, -0.1) is 0 Å². The quantitative estimate of drug-likeness (QED) is 0.430. The summed E-state index contributed by atoms with van der Waals surface area (Å²) in [5, 5.41) is 4.11. The lowest BCUT2D eigenvalue weighted by atomic mass is 10.2. The number of ether oxygens (including phenoxy) is 1. The molecule has 8 nitrogen and oxygen atoms in total. The van der Waals surface area contributed by atoms with Crippen LogP contribution in [0.2, 0.25) is 0 Å². The fraction of sp³-hybridized carbons (Fsp3) is 0.333. The van der Waals surface area contributed by atoms with Crippen LogP contribution in [0.25, 0.3) is 5.69 Å². The summed E-state index contributed by atoms with van der Waals surface area (Å²) in [6, 6.07) is 11.8. The molecule has 1 fully saturated rings. The number of anilines is 1. The maximum absolute atomic E-state index is 13.8. The molecule has 0 saturated carbocycles. The number of hydrogen-bond donors (Lipinski definition) is 0. The van der Waals surface area contributed by atoms with E-state index >= 15 is 0 Å². The van der Waals surface area contributed by atoms with Gasteiger partial charge in [0.15, 0.2) is 0 Å². The minimum absolute atomic E-state index is 0.0577. The summed E-state index contributed by atoms with van der Waals surface area (Å²) >= 11 is 0. The minimum atomic E-state index is -3.58. The third-order valence-corrected chi connectivity index (χ3v) is 7.70. The minimum Gasteiger partial charge on any atom is -0.481 e. The highest BCUT2D eigenvalue weighted by atomic mass is 32.2. The van der Waals surface area contributed by atoms with Crippen molar-refractivity contribution >= 4 is 15.7 Å². The number of piperazine rings is 1. The van der Waals surface area contributed by atoms with Gasteiger partial charge in [0.05, 0.1) is 24.3 Å². The molecule has 1 aromatic heterocycles. The first-order valence-corrected chi connectivity index (χ1v) is 12.9. The first-order chi connectivity index (χ1) is 17.3. The zero-order chi connectivity index (χ0) is 25.7. The van der Waals surface area contributed by atoms with Crippen LogP contribution < -0.4 is 15.2 Å². The molecule has 0 bridgehead atoms. The summed E-state index contributed by atoms with van der Waals surface area (Å²) in [7, 11) is -3.58. The number of nitrogens with zero attached hydrogens (tertiary/aromatic N) is 4. The van der Waals surface area contributed by atoms with Crippen molar-refractivity contribution in [3.05, 3.63) is 82.3 Å². The van der Waals surface area contributed by atoms with Gasteiger partial charge in [0.2, 0.25) is 15.8 Å². The van der Waals surface area contributed by atoms with Gasteiger partial charge >= 0.3 is 5.56 Å². The van der Waals surface area contributed by atoms with E-state index < -0.39 is 33.9 Å². The second-order valence-electron chi connectivity index (χ2n) is 8.22. The summed E-state index contributed by atoms with van der Waals surface area (Å²) < 4.78 is 72.9. The average molecular weight is 523 g/mol. The summed E-state index contributed by atoms with van der Waals surface area (Å²) in [5.74, 6) is -2.07. The van der Waals surface area contributed by atoms with Crippen molar-refractivity contribution in [2.24, 2.45) is 0 Å². The zero-order valence-electron chi connectivity index (χ0n) is 19.3. The van der Waals surface area contributed by atoms with Crippen LogP contribution in [0.1, 0.15) is 12.0 Å². The maximum atomic E-state index is 13.8. The third kappa shape index (κ3) is 5.88. The van der Waals surface area contributed by atoms with Gasteiger partial charge in [-0.25, -0.2) is 17.2 Å². The van der Waals surface area contributed by atoms with Crippen LogP contribution in [0.3, 0.4) is 0 Å². The number of sulfonamides is 1. The first kappa shape index (κ1) is 25.7. The Labute approximate surface area is 206 Å². The van der Waals surface area contributed by atoms with Gasteiger partial charge in [-0.05, 0) is 24.1 Å². The predicted molar refractivity (Wildman–Crippen MR) is 129 cm³/mol. The van der Waals surface area contributed by atoms with E-state index in [2.05, 4.69) is 5.10 Å². The molecular formula is C24H25F3N4O4S. The lowest BCUT2D eigenvalue weighted by molar-refractivity contribution is 0.297. The number of halogens is 3. The number of aromatic nitrogens is 2. The molecule has 0 radical (unpaired) electrons.